The van der Waals surface area contributed by atoms with Crippen molar-refractivity contribution in [3.63, 3.8) is 0 Å². The van der Waals surface area contributed by atoms with Gasteiger partial charge in [0.25, 0.3) is 5.91 Å². The number of ether oxygens (including phenoxy) is 1. The highest BCUT2D eigenvalue weighted by molar-refractivity contribution is 7.98. The molecule has 0 bridgehead atoms. The predicted molar refractivity (Wildman–Crippen MR) is 102 cm³/mol. The number of rotatable bonds is 6. The molecule has 1 aromatic carbocycles. The average molecular weight is 369 g/mol. The van der Waals surface area contributed by atoms with Gasteiger partial charge in [-0.15, -0.1) is 11.8 Å². The molecule has 26 heavy (non-hydrogen) atoms. The number of aryl methyl sites for hydroxylation is 1. The summed E-state index contributed by atoms with van der Waals surface area (Å²) in [6.07, 6.45) is 3.44. The van der Waals surface area contributed by atoms with E-state index in [0.717, 1.165) is 0 Å². The predicted octanol–water partition coefficient (Wildman–Crippen LogP) is 4.42. The van der Waals surface area contributed by atoms with E-state index < -0.39 is 0 Å². The summed E-state index contributed by atoms with van der Waals surface area (Å²) in [5.41, 5.74) is 1.64. The Balaban J connectivity index is 1.95. The molecule has 0 radical (unpaired) electrons. The molecular formula is C19H19N3O3S. The molecule has 0 saturated heterocycles. The fraction of sp³-hybridized carbons (Fsp3) is 0.211. The summed E-state index contributed by atoms with van der Waals surface area (Å²) in [7, 11) is 0. The summed E-state index contributed by atoms with van der Waals surface area (Å²) in [5.74, 6) is 1.38. The van der Waals surface area contributed by atoms with Crippen molar-refractivity contribution < 1.29 is 13.9 Å². The number of hydrogen-bond acceptors (Lipinski definition) is 6. The fourth-order valence-electron chi connectivity index (χ4n) is 2.51. The smallest absolute Gasteiger partial charge is 0.260 e. The highest BCUT2D eigenvalue weighted by atomic mass is 32.2. The van der Waals surface area contributed by atoms with Gasteiger partial charge in [0.15, 0.2) is 11.6 Å². The first kappa shape index (κ1) is 18.0. The van der Waals surface area contributed by atoms with Gasteiger partial charge in [0.2, 0.25) is 0 Å². The second kappa shape index (κ2) is 8.05. The van der Waals surface area contributed by atoms with Gasteiger partial charge in [-0.2, -0.15) is 0 Å². The molecule has 2 aromatic heterocycles. The van der Waals surface area contributed by atoms with Crippen LogP contribution in [0.5, 0.6) is 5.75 Å². The molecule has 0 atom stereocenters. The topological polar surface area (TPSA) is 77.2 Å². The average Bonchev–Trinajstić information content (AvgIpc) is 3.17. The number of thioether (sulfide) groups is 1. The van der Waals surface area contributed by atoms with E-state index in [1.807, 2.05) is 31.4 Å². The van der Waals surface area contributed by atoms with Crippen LogP contribution in [0.3, 0.4) is 0 Å². The summed E-state index contributed by atoms with van der Waals surface area (Å²) in [4.78, 5) is 21.8. The van der Waals surface area contributed by atoms with Crippen molar-refractivity contribution >= 4 is 23.4 Å². The van der Waals surface area contributed by atoms with Crippen LogP contribution < -0.4 is 10.1 Å². The number of nitrogens with one attached hydrogen (secondary N) is 1. The summed E-state index contributed by atoms with van der Waals surface area (Å²) in [5, 5.41) is 3.49. The first-order valence-corrected chi connectivity index (χ1v) is 9.36. The van der Waals surface area contributed by atoms with Gasteiger partial charge in [0, 0.05) is 0 Å². The van der Waals surface area contributed by atoms with Gasteiger partial charge in [-0.25, -0.2) is 9.97 Å². The number of benzene rings is 1. The molecule has 1 N–H and O–H groups in total. The van der Waals surface area contributed by atoms with Gasteiger partial charge >= 0.3 is 0 Å². The van der Waals surface area contributed by atoms with Crippen molar-refractivity contribution in [3.8, 4) is 17.3 Å². The Hall–Kier alpha value is -2.80. The van der Waals surface area contributed by atoms with Gasteiger partial charge in [-0.3, -0.25) is 4.79 Å². The maximum absolute atomic E-state index is 12.9. The molecule has 3 aromatic rings. The third-order valence-corrected chi connectivity index (χ3v) is 4.34. The lowest BCUT2D eigenvalue weighted by Crippen LogP contribution is -2.17. The highest BCUT2D eigenvalue weighted by Crippen LogP contribution is 2.28. The van der Waals surface area contributed by atoms with Crippen LogP contribution in [0.15, 0.2) is 52.1 Å². The van der Waals surface area contributed by atoms with E-state index >= 15 is 0 Å². The van der Waals surface area contributed by atoms with Gasteiger partial charge in [-0.05, 0) is 44.4 Å². The third kappa shape index (κ3) is 3.72. The molecular weight excluding hydrogens is 350 g/mol. The van der Waals surface area contributed by atoms with Crippen molar-refractivity contribution in [2.75, 3.05) is 18.2 Å². The van der Waals surface area contributed by atoms with Crippen LogP contribution in [0, 0.1) is 6.92 Å². The molecule has 0 fully saturated rings. The Labute approximate surface area is 156 Å². The Morgan fingerprint density at radius 2 is 2.04 bits per heavy atom. The van der Waals surface area contributed by atoms with Crippen molar-refractivity contribution in [3.05, 3.63) is 53.9 Å². The lowest BCUT2D eigenvalue weighted by Gasteiger charge is -2.14. The van der Waals surface area contributed by atoms with Crippen LogP contribution in [-0.2, 0) is 0 Å². The first-order chi connectivity index (χ1) is 12.6. The summed E-state index contributed by atoms with van der Waals surface area (Å²) in [6.45, 7) is 4.20. The minimum Gasteiger partial charge on any atom is -0.492 e. The normalized spacial score (nSPS) is 10.6. The fourth-order valence-corrected chi connectivity index (χ4v) is 3.13. The quantitative estimate of drug-likeness (QED) is 0.512. The van der Waals surface area contributed by atoms with Crippen LogP contribution in [-0.4, -0.2) is 28.7 Å². The van der Waals surface area contributed by atoms with Crippen molar-refractivity contribution in [1.82, 2.24) is 9.97 Å². The lowest BCUT2D eigenvalue weighted by atomic mass is 10.2. The second-order valence-corrected chi connectivity index (χ2v) is 6.17. The minimum absolute atomic E-state index is 0.273. The molecule has 0 spiro atoms. The highest BCUT2D eigenvalue weighted by Gasteiger charge is 2.20. The third-order valence-electron chi connectivity index (χ3n) is 3.65. The van der Waals surface area contributed by atoms with Gasteiger partial charge < -0.3 is 14.5 Å². The van der Waals surface area contributed by atoms with Crippen LogP contribution in [0.1, 0.15) is 23.0 Å². The molecule has 134 valence electrons. The number of hydrogen-bond donors (Lipinski definition) is 1. The van der Waals surface area contributed by atoms with Crippen LogP contribution in [0.2, 0.25) is 0 Å². The van der Waals surface area contributed by atoms with E-state index in [-0.39, 0.29) is 5.91 Å². The van der Waals surface area contributed by atoms with E-state index in [1.54, 1.807) is 31.4 Å². The molecule has 1 amide bonds. The number of furan rings is 1. The zero-order chi connectivity index (χ0) is 18.5. The van der Waals surface area contributed by atoms with Gasteiger partial charge in [-0.1, -0.05) is 12.1 Å². The SMILES string of the molecule is CCOc1ccccc1NC(=O)c1c(C)nc(-c2ccco2)nc1SC. The molecule has 0 saturated carbocycles. The zero-order valence-corrected chi connectivity index (χ0v) is 15.6. The lowest BCUT2D eigenvalue weighted by molar-refractivity contribution is 0.102. The standard InChI is InChI=1S/C19H19N3O3S/c1-4-24-14-9-6-5-8-13(14)21-18(23)16-12(2)20-17(22-19(16)26-3)15-10-7-11-25-15/h5-11H,4H2,1-3H3,(H,21,23). The molecule has 3 rings (SSSR count). The maximum atomic E-state index is 12.9. The number of aromatic nitrogens is 2. The van der Waals surface area contributed by atoms with Gasteiger partial charge in [0.1, 0.15) is 10.8 Å². The molecule has 2 heterocycles. The largest absolute Gasteiger partial charge is 0.492 e. The summed E-state index contributed by atoms with van der Waals surface area (Å²) < 4.78 is 10.9. The minimum atomic E-state index is -0.273. The number of carbonyl (C=O) groups is 1. The Morgan fingerprint density at radius 3 is 2.73 bits per heavy atom. The monoisotopic (exact) mass is 369 g/mol. The summed E-state index contributed by atoms with van der Waals surface area (Å²) in [6, 6.07) is 10.9. The number of para-hydroxylation sites is 2. The molecule has 6 nitrogen and oxygen atoms in total. The summed E-state index contributed by atoms with van der Waals surface area (Å²) >= 11 is 1.39. The molecule has 7 heteroatoms. The zero-order valence-electron chi connectivity index (χ0n) is 14.8. The number of anilines is 1. The Kier molecular flexibility index (Phi) is 5.58. The maximum Gasteiger partial charge on any atom is 0.260 e. The van der Waals surface area contributed by atoms with Crippen molar-refractivity contribution in [2.45, 2.75) is 18.9 Å². The van der Waals surface area contributed by atoms with Crippen LogP contribution in [0.4, 0.5) is 5.69 Å². The van der Waals surface area contributed by atoms with E-state index in [9.17, 15) is 4.79 Å². The van der Waals surface area contributed by atoms with Crippen LogP contribution in [0.25, 0.3) is 11.6 Å². The van der Waals surface area contributed by atoms with Crippen molar-refractivity contribution in [2.24, 2.45) is 0 Å². The molecule has 0 unspecified atom stereocenters. The first-order valence-electron chi connectivity index (χ1n) is 8.13. The molecule has 0 aliphatic carbocycles. The molecule has 0 aliphatic rings. The van der Waals surface area contributed by atoms with Gasteiger partial charge in [0.05, 0.1) is 29.8 Å². The molecule has 0 aliphatic heterocycles. The number of carbonyl (C=O) groups excluding carboxylic acids is 1. The number of nitrogens with zero attached hydrogens (tertiary/aromatic N) is 2. The Bertz CT molecular complexity index is 910. The van der Waals surface area contributed by atoms with Crippen LogP contribution >= 0.6 is 11.8 Å². The van der Waals surface area contributed by atoms with E-state index in [4.69, 9.17) is 9.15 Å². The van der Waals surface area contributed by atoms with Crippen molar-refractivity contribution in [1.29, 1.82) is 0 Å². The van der Waals surface area contributed by atoms with E-state index in [2.05, 4.69) is 15.3 Å². The second-order valence-electron chi connectivity index (χ2n) is 5.38. The van der Waals surface area contributed by atoms with E-state index in [0.29, 0.717) is 45.9 Å². The van der Waals surface area contributed by atoms with E-state index in [1.165, 1.54) is 11.8 Å². The number of amides is 1. The Morgan fingerprint density at radius 1 is 1.23 bits per heavy atom.